The minimum Gasteiger partial charge on any atom is -0.398 e. The molecule has 0 amide bonds. The van der Waals surface area contributed by atoms with E-state index in [0.717, 1.165) is 5.69 Å². The van der Waals surface area contributed by atoms with Gasteiger partial charge in [-0.25, -0.2) is 0 Å². The average molecular weight is 346 g/mol. The maximum absolute atomic E-state index is 6.39. The summed E-state index contributed by atoms with van der Waals surface area (Å²) in [6.07, 6.45) is 6.85. The molecule has 0 heterocycles. The second kappa shape index (κ2) is 10.7. The summed E-state index contributed by atoms with van der Waals surface area (Å²) < 4.78 is 0. The highest BCUT2D eigenvalue weighted by Crippen LogP contribution is 2.42. The van der Waals surface area contributed by atoms with Crippen LogP contribution in [0.3, 0.4) is 0 Å². The first-order valence-corrected chi connectivity index (χ1v) is 10.1. The molecule has 0 saturated carbocycles. The van der Waals surface area contributed by atoms with Crippen molar-refractivity contribution < 1.29 is 0 Å². The van der Waals surface area contributed by atoms with Crippen molar-refractivity contribution in [1.29, 1.82) is 0 Å². The van der Waals surface area contributed by atoms with Gasteiger partial charge in [-0.05, 0) is 60.3 Å². The molecule has 1 aromatic carbocycles. The summed E-state index contributed by atoms with van der Waals surface area (Å²) in [4.78, 5) is 0. The molecule has 25 heavy (non-hydrogen) atoms. The summed E-state index contributed by atoms with van der Waals surface area (Å²) in [7, 11) is 0. The molecule has 0 fully saturated rings. The number of anilines is 1. The Kier molecular flexibility index (Phi) is 10.2. The number of rotatable bonds is 6. The van der Waals surface area contributed by atoms with Crippen LogP contribution < -0.4 is 5.73 Å². The lowest BCUT2D eigenvalue weighted by molar-refractivity contribution is 0.261. The van der Waals surface area contributed by atoms with Gasteiger partial charge in [-0.15, -0.1) is 0 Å². The number of hydrogen-bond acceptors (Lipinski definition) is 1. The smallest absolute Gasteiger partial charge is 0.0355 e. The molecule has 1 rings (SSSR count). The molecular formula is C24H43N. The van der Waals surface area contributed by atoms with Gasteiger partial charge in [0.05, 0.1) is 0 Å². The predicted octanol–water partition coefficient (Wildman–Crippen LogP) is 7.85. The normalized spacial score (nSPS) is 15.4. The fraction of sp³-hybridized carbons (Fsp3) is 0.667. The Morgan fingerprint density at radius 2 is 1.64 bits per heavy atom. The Hall–Kier alpha value is -1.24. The molecule has 0 aromatic heterocycles. The highest BCUT2D eigenvalue weighted by molar-refractivity contribution is 5.57. The minimum atomic E-state index is 0.359. The van der Waals surface area contributed by atoms with E-state index in [2.05, 4.69) is 79.7 Å². The van der Waals surface area contributed by atoms with Crippen LogP contribution >= 0.6 is 0 Å². The molecule has 0 aliphatic carbocycles. The summed E-state index contributed by atoms with van der Waals surface area (Å²) in [5.74, 6) is 1.59. The fourth-order valence-corrected chi connectivity index (χ4v) is 3.96. The largest absolute Gasteiger partial charge is 0.398 e. The molecule has 0 bridgehead atoms. The van der Waals surface area contributed by atoms with Crippen LogP contribution in [0.15, 0.2) is 24.3 Å². The van der Waals surface area contributed by atoms with Crippen molar-refractivity contribution in [3.05, 3.63) is 41.0 Å². The van der Waals surface area contributed by atoms with Gasteiger partial charge in [0, 0.05) is 11.6 Å². The lowest BCUT2D eigenvalue weighted by Gasteiger charge is -2.33. The average Bonchev–Trinajstić information content (AvgIpc) is 2.55. The van der Waals surface area contributed by atoms with Crippen LogP contribution in [-0.2, 0) is 0 Å². The third-order valence-corrected chi connectivity index (χ3v) is 5.04. The summed E-state index contributed by atoms with van der Waals surface area (Å²) in [6.45, 7) is 22.3. The van der Waals surface area contributed by atoms with E-state index in [0.29, 0.717) is 23.2 Å². The Morgan fingerprint density at radius 1 is 1.08 bits per heavy atom. The van der Waals surface area contributed by atoms with E-state index in [1.165, 1.54) is 29.5 Å². The number of allylic oxidation sites excluding steroid dienone is 2. The van der Waals surface area contributed by atoms with Crippen LogP contribution in [0.5, 0.6) is 0 Å². The van der Waals surface area contributed by atoms with Crippen LogP contribution in [0.1, 0.15) is 104 Å². The van der Waals surface area contributed by atoms with Crippen molar-refractivity contribution in [2.24, 2.45) is 11.3 Å². The SMILES string of the molecule is C/C=C/C(C)c1c(N)ccc(C)c1C(C)C(CC)CC(C)(C)C.CC. The number of benzene rings is 1. The molecule has 0 aliphatic rings. The molecule has 1 heteroatoms. The highest BCUT2D eigenvalue weighted by Gasteiger charge is 2.27. The molecule has 0 spiro atoms. The van der Waals surface area contributed by atoms with E-state index < -0.39 is 0 Å². The molecule has 1 aromatic rings. The van der Waals surface area contributed by atoms with Crippen LogP contribution in [-0.4, -0.2) is 0 Å². The predicted molar refractivity (Wildman–Crippen MR) is 116 cm³/mol. The first-order chi connectivity index (χ1) is 11.6. The van der Waals surface area contributed by atoms with E-state index in [1.54, 1.807) is 0 Å². The maximum atomic E-state index is 6.39. The maximum Gasteiger partial charge on any atom is 0.0355 e. The summed E-state index contributed by atoms with van der Waals surface area (Å²) in [5.41, 5.74) is 11.9. The number of nitrogen functional groups attached to an aromatic ring is 1. The highest BCUT2D eigenvalue weighted by atomic mass is 14.6. The van der Waals surface area contributed by atoms with Crippen molar-refractivity contribution >= 4 is 5.69 Å². The molecule has 3 atom stereocenters. The third-order valence-electron chi connectivity index (χ3n) is 5.04. The quantitative estimate of drug-likeness (QED) is 0.412. The molecule has 3 unspecified atom stereocenters. The van der Waals surface area contributed by atoms with Gasteiger partial charge < -0.3 is 5.73 Å². The molecule has 0 saturated heterocycles. The number of hydrogen-bond donors (Lipinski definition) is 1. The lowest BCUT2D eigenvalue weighted by atomic mass is 9.72. The van der Waals surface area contributed by atoms with E-state index >= 15 is 0 Å². The molecular weight excluding hydrogens is 302 g/mol. The van der Waals surface area contributed by atoms with E-state index in [-0.39, 0.29) is 0 Å². The zero-order chi connectivity index (χ0) is 19.8. The summed E-state index contributed by atoms with van der Waals surface area (Å²) >= 11 is 0. The van der Waals surface area contributed by atoms with Gasteiger partial charge in [0.15, 0.2) is 0 Å². The first kappa shape index (κ1) is 23.8. The van der Waals surface area contributed by atoms with Gasteiger partial charge in [0.2, 0.25) is 0 Å². The first-order valence-electron chi connectivity index (χ1n) is 10.1. The van der Waals surface area contributed by atoms with E-state index in [4.69, 9.17) is 5.73 Å². The van der Waals surface area contributed by atoms with E-state index in [1.807, 2.05) is 13.8 Å². The van der Waals surface area contributed by atoms with Gasteiger partial charge in [-0.3, -0.25) is 0 Å². The van der Waals surface area contributed by atoms with Crippen LogP contribution in [0, 0.1) is 18.3 Å². The van der Waals surface area contributed by atoms with Crippen molar-refractivity contribution in [2.45, 2.75) is 93.9 Å². The van der Waals surface area contributed by atoms with Crippen LogP contribution in [0.2, 0.25) is 0 Å². The van der Waals surface area contributed by atoms with Crippen molar-refractivity contribution in [3.63, 3.8) is 0 Å². The zero-order valence-electron chi connectivity index (χ0n) is 18.5. The monoisotopic (exact) mass is 345 g/mol. The van der Waals surface area contributed by atoms with Crippen molar-refractivity contribution in [3.8, 4) is 0 Å². The fourth-order valence-electron chi connectivity index (χ4n) is 3.96. The van der Waals surface area contributed by atoms with Gasteiger partial charge >= 0.3 is 0 Å². The molecule has 0 aliphatic heterocycles. The third kappa shape index (κ3) is 6.88. The number of nitrogens with two attached hydrogens (primary N) is 1. The minimum absolute atomic E-state index is 0.359. The second-order valence-corrected chi connectivity index (χ2v) is 8.34. The molecule has 2 N–H and O–H groups in total. The van der Waals surface area contributed by atoms with Crippen LogP contribution in [0.25, 0.3) is 0 Å². The number of aryl methyl sites for hydroxylation is 1. The van der Waals surface area contributed by atoms with Crippen molar-refractivity contribution in [1.82, 2.24) is 0 Å². The molecule has 0 radical (unpaired) electrons. The van der Waals surface area contributed by atoms with Crippen LogP contribution in [0.4, 0.5) is 5.69 Å². The standard InChI is InChI=1S/C22H37N.C2H6/c1-9-11-15(3)21-19(23)13-12-16(4)20(21)17(5)18(10-2)14-22(6,7)8;1-2/h9,11-13,15,17-18H,10,14,23H2,1-8H3;1-2H3/b11-9+;. The Labute approximate surface area is 158 Å². The second-order valence-electron chi connectivity index (χ2n) is 8.34. The van der Waals surface area contributed by atoms with Gasteiger partial charge in [0.25, 0.3) is 0 Å². The van der Waals surface area contributed by atoms with E-state index in [9.17, 15) is 0 Å². The van der Waals surface area contributed by atoms with Gasteiger partial charge in [-0.2, -0.15) is 0 Å². The summed E-state index contributed by atoms with van der Waals surface area (Å²) in [6, 6.07) is 4.27. The Bertz CT molecular complexity index is 534. The van der Waals surface area contributed by atoms with Crippen molar-refractivity contribution in [2.75, 3.05) is 5.73 Å². The molecule has 144 valence electrons. The van der Waals surface area contributed by atoms with Gasteiger partial charge in [0.1, 0.15) is 0 Å². The van der Waals surface area contributed by atoms with Gasteiger partial charge in [-0.1, -0.05) is 80.0 Å². The summed E-state index contributed by atoms with van der Waals surface area (Å²) in [5, 5.41) is 0. The Balaban J connectivity index is 0.00000277. The lowest BCUT2D eigenvalue weighted by Crippen LogP contribution is -2.20. The zero-order valence-corrected chi connectivity index (χ0v) is 18.5. The topological polar surface area (TPSA) is 26.0 Å². The molecule has 1 nitrogen and oxygen atoms in total. The Morgan fingerprint density at radius 3 is 2.08 bits per heavy atom.